The Bertz CT molecular complexity index is 181. The summed E-state index contributed by atoms with van der Waals surface area (Å²) in [5.74, 6) is 2.22. The molecule has 0 heterocycles. The molecule has 0 bridgehead atoms. The van der Waals surface area contributed by atoms with E-state index in [1.807, 2.05) is 13.8 Å². The summed E-state index contributed by atoms with van der Waals surface area (Å²) < 4.78 is 5.07. The molecular weight excluding hydrogens is 154 g/mol. The van der Waals surface area contributed by atoms with E-state index >= 15 is 0 Å². The lowest BCUT2D eigenvalue weighted by molar-refractivity contribution is -0.127. The van der Waals surface area contributed by atoms with Crippen LogP contribution in [0.2, 0.25) is 0 Å². The third-order valence-electron chi connectivity index (χ3n) is 1.18. The van der Waals surface area contributed by atoms with E-state index in [1.165, 1.54) is 0 Å². The van der Waals surface area contributed by atoms with Crippen LogP contribution in [0.5, 0.6) is 0 Å². The maximum Gasteiger partial charge on any atom is 0.246 e. The van der Waals surface area contributed by atoms with Crippen molar-refractivity contribution in [3.05, 3.63) is 0 Å². The van der Waals surface area contributed by atoms with Gasteiger partial charge in [0.15, 0.2) is 0 Å². The van der Waals surface area contributed by atoms with Gasteiger partial charge in [0, 0.05) is 0 Å². The predicted octanol–water partition coefficient (Wildman–Crippen LogP) is 0.549. The van der Waals surface area contributed by atoms with Gasteiger partial charge in [-0.15, -0.1) is 6.42 Å². The van der Waals surface area contributed by atoms with E-state index in [1.54, 1.807) is 6.92 Å². The average Bonchev–Trinajstić information content (AvgIpc) is 2.00. The van der Waals surface area contributed by atoms with E-state index in [-0.39, 0.29) is 24.7 Å². The molecule has 0 aliphatic heterocycles. The van der Waals surface area contributed by atoms with Gasteiger partial charge in [0.2, 0.25) is 5.91 Å². The van der Waals surface area contributed by atoms with Crippen LogP contribution < -0.4 is 5.32 Å². The molecule has 3 heteroatoms. The molecule has 1 unspecified atom stereocenters. The Balaban J connectivity index is 3.55. The fourth-order valence-corrected chi connectivity index (χ4v) is 0.567. The molecule has 0 radical (unpaired) electrons. The molecule has 0 aromatic carbocycles. The molecule has 0 aromatic heterocycles. The predicted molar refractivity (Wildman–Crippen MR) is 47.5 cm³/mol. The van der Waals surface area contributed by atoms with E-state index in [9.17, 15) is 4.79 Å². The smallest absolute Gasteiger partial charge is 0.246 e. The third kappa shape index (κ3) is 5.75. The molecule has 0 rings (SSSR count). The summed E-state index contributed by atoms with van der Waals surface area (Å²) in [5, 5.41) is 2.58. The lowest BCUT2D eigenvalue weighted by Gasteiger charge is -2.09. The van der Waals surface area contributed by atoms with Crippen LogP contribution in [0.15, 0.2) is 0 Å². The molecule has 1 atom stereocenters. The van der Waals surface area contributed by atoms with Gasteiger partial charge in [0.1, 0.15) is 6.61 Å². The molecule has 0 saturated carbocycles. The maximum atomic E-state index is 11.0. The standard InChI is InChI=1S/C9H15NO2/c1-5-8(4)10-9(11)6-12-7(2)3/h1,7-8H,6H2,2-4H3,(H,10,11). The Kier molecular flexibility index (Phi) is 5.14. The van der Waals surface area contributed by atoms with E-state index in [0.29, 0.717) is 0 Å². The highest BCUT2D eigenvalue weighted by Crippen LogP contribution is 1.87. The van der Waals surface area contributed by atoms with Crippen molar-refractivity contribution in [3.63, 3.8) is 0 Å². The second-order valence-electron chi connectivity index (χ2n) is 2.82. The van der Waals surface area contributed by atoms with Crippen molar-refractivity contribution in [3.8, 4) is 12.3 Å². The summed E-state index contributed by atoms with van der Waals surface area (Å²) in [6.07, 6.45) is 5.14. The third-order valence-corrected chi connectivity index (χ3v) is 1.18. The number of hydrogen-bond donors (Lipinski definition) is 1. The lowest BCUT2D eigenvalue weighted by Crippen LogP contribution is -2.34. The zero-order chi connectivity index (χ0) is 9.56. The Morgan fingerprint density at radius 3 is 2.58 bits per heavy atom. The monoisotopic (exact) mass is 169 g/mol. The normalized spacial score (nSPS) is 12.2. The van der Waals surface area contributed by atoms with Crippen LogP contribution in [0.4, 0.5) is 0 Å². The Morgan fingerprint density at radius 1 is 1.58 bits per heavy atom. The molecular formula is C9H15NO2. The van der Waals surface area contributed by atoms with Crippen molar-refractivity contribution in [2.45, 2.75) is 32.9 Å². The highest BCUT2D eigenvalue weighted by Gasteiger charge is 2.04. The van der Waals surface area contributed by atoms with Gasteiger partial charge in [-0.1, -0.05) is 5.92 Å². The highest BCUT2D eigenvalue weighted by molar-refractivity contribution is 5.77. The van der Waals surface area contributed by atoms with Crippen molar-refractivity contribution in [1.82, 2.24) is 5.32 Å². The van der Waals surface area contributed by atoms with Crippen LogP contribution in [-0.2, 0) is 9.53 Å². The molecule has 3 nitrogen and oxygen atoms in total. The van der Waals surface area contributed by atoms with Gasteiger partial charge < -0.3 is 10.1 Å². The molecule has 0 saturated heterocycles. The van der Waals surface area contributed by atoms with Gasteiger partial charge in [-0.25, -0.2) is 0 Å². The first-order valence-corrected chi connectivity index (χ1v) is 3.93. The Labute approximate surface area is 73.5 Å². The molecule has 0 aliphatic carbocycles. The molecule has 1 amide bonds. The molecule has 0 aromatic rings. The van der Waals surface area contributed by atoms with Crippen LogP contribution >= 0.6 is 0 Å². The topological polar surface area (TPSA) is 38.3 Å². The number of nitrogens with one attached hydrogen (secondary N) is 1. The first-order valence-electron chi connectivity index (χ1n) is 3.93. The number of ether oxygens (including phenoxy) is 1. The van der Waals surface area contributed by atoms with Crippen LogP contribution in [0.25, 0.3) is 0 Å². The minimum absolute atomic E-state index is 0.0666. The SMILES string of the molecule is C#CC(C)NC(=O)COC(C)C. The number of amides is 1. The lowest BCUT2D eigenvalue weighted by atomic mass is 10.3. The number of terminal acetylenes is 1. The molecule has 0 fully saturated rings. The number of hydrogen-bond acceptors (Lipinski definition) is 2. The van der Waals surface area contributed by atoms with Crippen molar-refractivity contribution in [2.75, 3.05) is 6.61 Å². The maximum absolute atomic E-state index is 11.0. The van der Waals surface area contributed by atoms with Crippen LogP contribution in [0, 0.1) is 12.3 Å². The van der Waals surface area contributed by atoms with Crippen LogP contribution in [0.3, 0.4) is 0 Å². The molecule has 0 spiro atoms. The highest BCUT2D eigenvalue weighted by atomic mass is 16.5. The Morgan fingerprint density at radius 2 is 2.17 bits per heavy atom. The molecule has 0 aliphatic rings. The van der Waals surface area contributed by atoms with Crippen molar-refractivity contribution >= 4 is 5.91 Å². The van der Waals surface area contributed by atoms with Gasteiger partial charge in [-0.2, -0.15) is 0 Å². The van der Waals surface area contributed by atoms with Gasteiger partial charge in [-0.05, 0) is 20.8 Å². The van der Waals surface area contributed by atoms with E-state index in [4.69, 9.17) is 11.2 Å². The van der Waals surface area contributed by atoms with Gasteiger partial charge >= 0.3 is 0 Å². The minimum atomic E-state index is -0.228. The summed E-state index contributed by atoms with van der Waals surface area (Å²) in [4.78, 5) is 11.0. The summed E-state index contributed by atoms with van der Waals surface area (Å²) in [6.45, 7) is 5.56. The fraction of sp³-hybridized carbons (Fsp3) is 0.667. The van der Waals surface area contributed by atoms with E-state index in [0.717, 1.165) is 0 Å². The zero-order valence-electron chi connectivity index (χ0n) is 7.76. The summed E-state index contributed by atoms with van der Waals surface area (Å²) >= 11 is 0. The number of carbonyl (C=O) groups is 1. The molecule has 12 heavy (non-hydrogen) atoms. The first kappa shape index (κ1) is 11.0. The fourth-order valence-electron chi connectivity index (χ4n) is 0.567. The van der Waals surface area contributed by atoms with E-state index in [2.05, 4.69) is 11.2 Å². The second kappa shape index (κ2) is 5.62. The van der Waals surface area contributed by atoms with Crippen molar-refractivity contribution in [2.24, 2.45) is 0 Å². The van der Waals surface area contributed by atoms with Crippen molar-refractivity contribution in [1.29, 1.82) is 0 Å². The molecule has 1 N–H and O–H groups in total. The minimum Gasteiger partial charge on any atom is -0.369 e. The largest absolute Gasteiger partial charge is 0.369 e. The summed E-state index contributed by atoms with van der Waals surface area (Å²) in [7, 11) is 0. The van der Waals surface area contributed by atoms with Gasteiger partial charge in [0.25, 0.3) is 0 Å². The zero-order valence-corrected chi connectivity index (χ0v) is 7.76. The summed E-state index contributed by atoms with van der Waals surface area (Å²) in [5.41, 5.74) is 0. The molecule has 68 valence electrons. The quantitative estimate of drug-likeness (QED) is 0.624. The average molecular weight is 169 g/mol. The Hall–Kier alpha value is -1.01. The van der Waals surface area contributed by atoms with Crippen LogP contribution in [-0.4, -0.2) is 24.7 Å². The van der Waals surface area contributed by atoms with Gasteiger partial charge in [-0.3, -0.25) is 4.79 Å². The second-order valence-corrected chi connectivity index (χ2v) is 2.82. The van der Waals surface area contributed by atoms with E-state index < -0.39 is 0 Å². The first-order chi connectivity index (χ1) is 5.56. The van der Waals surface area contributed by atoms with Gasteiger partial charge in [0.05, 0.1) is 12.1 Å². The number of carbonyl (C=O) groups excluding carboxylic acids is 1. The van der Waals surface area contributed by atoms with Crippen LogP contribution in [0.1, 0.15) is 20.8 Å². The summed E-state index contributed by atoms with van der Waals surface area (Å²) in [6, 6.07) is -0.228. The van der Waals surface area contributed by atoms with Crippen molar-refractivity contribution < 1.29 is 9.53 Å². The number of rotatable bonds is 4.